The monoisotopic (exact) mass is 757 g/mol. The van der Waals surface area contributed by atoms with E-state index in [2.05, 4.69) is 55.8 Å². The number of rotatable bonds is 5. The van der Waals surface area contributed by atoms with Crippen molar-refractivity contribution >= 4 is 46.8 Å². The van der Waals surface area contributed by atoms with E-state index in [1.807, 2.05) is 29.2 Å². The van der Waals surface area contributed by atoms with Gasteiger partial charge >= 0.3 is 0 Å². The van der Waals surface area contributed by atoms with Crippen LogP contribution >= 0.6 is 11.6 Å². The highest BCUT2D eigenvalue weighted by Crippen LogP contribution is 2.59. The number of piperidine rings is 2. The van der Waals surface area contributed by atoms with Gasteiger partial charge in [-0.2, -0.15) is 5.26 Å². The molecule has 3 aromatic rings. The number of fused-ring (bicyclic) bond motifs is 2. The number of nitrogens with one attached hydrogen (secondary N) is 1. The fraction of sp³-hybridized carbons (Fsp3) is 0.395. The average molecular weight is 758 g/mol. The number of nitrogens with zero attached hydrogens (tertiary/aromatic N) is 4. The summed E-state index contributed by atoms with van der Waals surface area (Å²) in [5.74, 6) is 5.53. The summed E-state index contributed by atoms with van der Waals surface area (Å²) in [6.07, 6.45) is 1.64. The van der Waals surface area contributed by atoms with Gasteiger partial charge in [-0.3, -0.25) is 34.2 Å². The van der Waals surface area contributed by atoms with Crippen molar-refractivity contribution in [2.24, 2.45) is 16.7 Å². The number of imide groups is 2. The summed E-state index contributed by atoms with van der Waals surface area (Å²) in [5, 5.41) is 11.8. The van der Waals surface area contributed by atoms with Crippen molar-refractivity contribution in [2.45, 2.75) is 78.1 Å². The van der Waals surface area contributed by atoms with E-state index in [1.54, 1.807) is 30.3 Å². The Labute approximate surface area is 324 Å². The molecule has 280 valence electrons. The quantitative estimate of drug-likeness (QED) is 0.258. The number of benzene rings is 3. The molecule has 5 aliphatic rings. The zero-order valence-corrected chi connectivity index (χ0v) is 31.8. The molecule has 1 aliphatic carbocycles. The van der Waals surface area contributed by atoms with Gasteiger partial charge in [0.05, 0.1) is 21.7 Å². The van der Waals surface area contributed by atoms with Crippen LogP contribution in [0, 0.1) is 39.9 Å². The van der Waals surface area contributed by atoms with E-state index in [-0.39, 0.29) is 58.8 Å². The third-order valence-electron chi connectivity index (χ3n) is 12.0. The first kappa shape index (κ1) is 36.3. The van der Waals surface area contributed by atoms with E-state index in [4.69, 9.17) is 16.3 Å². The number of carbonyl (C=O) groups excluding carboxylic acids is 5. The lowest BCUT2D eigenvalue weighted by Gasteiger charge is -2.65. The molecule has 1 unspecified atom stereocenters. The van der Waals surface area contributed by atoms with Crippen LogP contribution in [0.1, 0.15) is 101 Å². The van der Waals surface area contributed by atoms with Gasteiger partial charge < -0.3 is 14.5 Å². The molecule has 0 bridgehead atoms. The molecule has 55 heavy (non-hydrogen) atoms. The van der Waals surface area contributed by atoms with E-state index in [1.165, 1.54) is 0 Å². The second-order valence-electron chi connectivity index (χ2n) is 16.3. The minimum absolute atomic E-state index is 0.00852. The van der Waals surface area contributed by atoms with Gasteiger partial charge in [-0.15, -0.1) is 0 Å². The molecule has 4 aliphatic heterocycles. The van der Waals surface area contributed by atoms with Crippen molar-refractivity contribution in [1.29, 1.82) is 5.26 Å². The highest BCUT2D eigenvalue weighted by molar-refractivity contribution is 6.31. The normalized spacial score (nSPS) is 24.0. The molecule has 1 saturated carbocycles. The molecule has 3 aromatic carbocycles. The van der Waals surface area contributed by atoms with Crippen molar-refractivity contribution in [3.05, 3.63) is 93.0 Å². The van der Waals surface area contributed by atoms with Gasteiger partial charge in [0.25, 0.3) is 17.7 Å². The number of nitriles is 1. The van der Waals surface area contributed by atoms with Crippen LogP contribution in [0.25, 0.3) is 0 Å². The highest BCUT2D eigenvalue weighted by Gasteiger charge is 2.67. The van der Waals surface area contributed by atoms with Gasteiger partial charge in [0.15, 0.2) is 0 Å². The van der Waals surface area contributed by atoms with E-state index in [0.29, 0.717) is 28.4 Å². The molecule has 2 saturated heterocycles. The molecule has 5 amide bonds. The largest absolute Gasteiger partial charge is 0.489 e. The lowest BCUT2D eigenvalue weighted by Crippen LogP contribution is -2.74. The van der Waals surface area contributed by atoms with Gasteiger partial charge in [-0.1, -0.05) is 51.1 Å². The van der Waals surface area contributed by atoms with Crippen LogP contribution < -0.4 is 15.0 Å². The van der Waals surface area contributed by atoms with Gasteiger partial charge in [0, 0.05) is 71.7 Å². The number of halogens is 1. The van der Waals surface area contributed by atoms with E-state index in [0.717, 1.165) is 47.6 Å². The summed E-state index contributed by atoms with van der Waals surface area (Å²) >= 11 is 6.28. The molecule has 11 nitrogen and oxygen atoms in total. The van der Waals surface area contributed by atoms with Crippen LogP contribution in [-0.4, -0.2) is 70.6 Å². The number of hydrogen-bond donors (Lipinski definition) is 1. The third-order valence-corrected chi connectivity index (χ3v) is 12.3. The second-order valence-corrected chi connectivity index (χ2v) is 16.7. The maximum Gasteiger partial charge on any atom is 0.262 e. The third kappa shape index (κ3) is 6.02. The molecule has 12 heteroatoms. The molecule has 1 atom stereocenters. The second kappa shape index (κ2) is 13.3. The van der Waals surface area contributed by atoms with Crippen molar-refractivity contribution in [1.82, 2.24) is 15.1 Å². The SMILES string of the molecule is CC1(C)[C@H](Oc2ccc(C#N)c(Cl)c2)C(C)(C)[C@H]1N1Cc2cc(C#CC3CCN(c4ccc5c(c4)C(=O)N(C4CCC(=O)NC4=O)C5=O)CC3)ccc2C1=O. The molecule has 3 fully saturated rings. The first-order chi connectivity index (χ1) is 26.2. The van der Waals surface area contributed by atoms with Crippen LogP contribution in [0.2, 0.25) is 5.02 Å². The van der Waals surface area contributed by atoms with Crippen LogP contribution in [0.3, 0.4) is 0 Å². The molecular formula is C43H40ClN5O6. The average Bonchev–Trinajstić information content (AvgIpc) is 3.59. The number of amides is 5. The Hall–Kier alpha value is -5.65. The Kier molecular flexibility index (Phi) is 8.77. The summed E-state index contributed by atoms with van der Waals surface area (Å²) in [5.41, 5.74) is 3.57. The van der Waals surface area contributed by atoms with Crippen LogP contribution in [0.4, 0.5) is 5.69 Å². The molecule has 0 aromatic heterocycles. The van der Waals surface area contributed by atoms with Gasteiger partial charge in [0.2, 0.25) is 11.8 Å². The number of hydrogen-bond acceptors (Lipinski definition) is 8. The fourth-order valence-electron chi connectivity index (χ4n) is 9.76. The molecule has 0 radical (unpaired) electrons. The smallest absolute Gasteiger partial charge is 0.262 e. The van der Waals surface area contributed by atoms with Crippen LogP contribution in [0.5, 0.6) is 5.75 Å². The van der Waals surface area contributed by atoms with E-state index in [9.17, 15) is 29.2 Å². The van der Waals surface area contributed by atoms with E-state index >= 15 is 0 Å². The Balaban J connectivity index is 0.896. The van der Waals surface area contributed by atoms with Crippen LogP contribution in [-0.2, 0) is 16.1 Å². The minimum Gasteiger partial charge on any atom is -0.489 e. The lowest BCUT2D eigenvalue weighted by molar-refractivity contribution is -0.199. The number of ether oxygens (including phenoxy) is 1. The van der Waals surface area contributed by atoms with Crippen molar-refractivity contribution in [3.8, 4) is 23.7 Å². The predicted octanol–water partition coefficient (Wildman–Crippen LogP) is 5.72. The zero-order chi connectivity index (χ0) is 39.0. The van der Waals surface area contributed by atoms with Crippen LogP contribution in [0.15, 0.2) is 54.6 Å². The van der Waals surface area contributed by atoms with Crippen molar-refractivity contribution < 1.29 is 28.7 Å². The van der Waals surface area contributed by atoms with E-state index < -0.39 is 29.7 Å². The first-order valence-electron chi connectivity index (χ1n) is 18.6. The lowest BCUT2D eigenvalue weighted by atomic mass is 9.49. The van der Waals surface area contributed by atoms with Gasteiger partial charge in [-0.05, 0) is 73.4 Å². The summed E-state index contributed by atoms with van der Waals surface area (Å²) in [4.78, 5) is 69.4. The molecule has 4 heterocycles. The Morgan fingerprint density at radius 3 is 2.24 bits per heavy atom. The van der Waals surface area contributed by atoms with Gasteiger partial charge in [-0.25, -0.2) is 0 Å². The summed E-state index contributed by atoms with van der Waals surface area (Å²) in [7, 11) is 0. The minimum atomic E-state index is -0.995. The summed E-state index contributed by atoms with van der Waals surface area (Å²) in [6.45, 7) is 10.4. The standard InChI is InChI=1S/C43H40ClN5O6/c1-42(2)40(43(3,4)41(42)55-29-10-8-26(22-45)33(44)21-29)48-23-27-19-25(7-11-30(27)37(48)52)6-5-24-15-17-47(18-16-24)28-9-12-31-32(20-28)39(54)49(38(31)53)34-13-14-35(50)46-36(34)51/h7-12,19-21,24,34,40-41H,13-18,23H2,1-4H3,(H,46,50,51)/t34?,40-,41-. The molecule has 8 rings (SSSR count). The number of carbonyl (C=O) groups is 5. The molecule has 1 N–H and O–H groups in total. The summed E-state index contributed by atoms with van der Waals surface area (Å²) in [6, 6.07) is 17.1. The maximum atomic E-state index is 13.8. The first-order valence-corrected chi connectivity index (χ1v) is 19.0. The zero-order valence-electron chi connectivity index (χ0n) is 31.1. The topological polar surface area (TPSA) is 140 Å². The summed E-state index contributed by atoms with van der Waals surface area (Å²) < 4.78 is 6.46. The fourth-order valence-corrected chi connectivity index (χ4v) is 9.98. The Bertz CT molecular complexity index is 2290. The highest BCUT2D eigenvalue weighted by atomic mass is 35.5. The molecule has 0 spiro atoms. The molecular weight excluding hydrogens is 718 g/mol. The van der Waals surface area contributed by atoms with Gasteiger partial charge in [0.1, 0.15) is 24.0 Å². The Morgan fingerprint density at radius 1 is 0.836 bits per heavy atom. The van der Waals surface area contributed by atoms with Crippen molar-refractivity contribution in [3.63, 3.8) is 0 Å². The maximum absolute atomic E-state index is 13.8. The number of anilines is 1. The Morgan fingerprint density at radius 2 is 1.55 bits per heavy atom. The van der Waals surface area contributed by atoms with Crippen molar-refractivity contribution in [2.75, 3.05) is 18.0 Å². The predicted molar refractivity (Wildman–Crippen MR) is 203 cm³/mol.